The van der Waals surface area contributed by atoms with Crippen LogP contribution in [0.2, 0.25) is 10.0 Å². The van der Waals surface area contributed by atoms with Gasteiger partial charge in [0.2, 0.25) is 0 Å². The number of hydrogen-bond donors (Lipinski definition) is 1. The van der Waals surface area contributed by atoms with Crippen molar-refractivity contribution in [3.63, 3.8) is 0 Å². The van der Waals surface area contributed by atoms with E-state index in [2.05, 4.69) is 5.32 Å². The fraction of sp³-hybridized carbons (Fsp3) is 0.429. The maximum Gasteiger partial charge on any atom is 0.257 e. The number of nitrogens with one attached hydrogen (secondary N) is 1. The molecule has 0 aromatic heterocycles. The zero-order valence-electron chi connectivity index (χ0n) is 11.0. The molecule has 0 aliphatic heterocycles. The molecular weight excluding hydrogens is 301 g/mol. The Kier molecular flexibility index (Phi) is 8.07. The lowest BCUT2D eigenvalue weighted by molar-refractivity contribution is -0.123. The molecule has 0 saturated heterocycles. The van der Waals surface area contributed by atoms with Crippen LogP contribution in [0.3, 0.4) is 0 Å². The average Bonchev–Trinajstić information content (AvgIpc) is 2.41. The van der Waals surface area contributed by atoms with Gasteiger partial charge in [-0.2, -0.15) is 0 Å². The van der Waals surface area contributed by atoms with Gasteiger partial charge in [0.15, 0.2) is 6.61 Å². The van der Waals surface area contributed by atoms with Crippen molar-refractivity contribution in [2.45, 2.75) is 25.7 Å². The minimum Gasteiger partial charge on any atom is -0.482 e. The van der Waals surface area contributed by atoms with Gasteiger partial charge < -0.3 is 14.8 Å². The Balaban J connectivity index is 2.18. The number of unbranched alkanes of at least 4 members (excludes halogenated alkanes) is 3. The largest absolute Gasteiger partial charge is 0.482 e. The third kappa shape index (κ3) is 6.78. The lowest BCUT2D eigenvalue weighted by Gasteiger charge is -2.08. The number of benzene rings is 1. The molecule has 0 bridgehead atoms. The van der Waals surface area contributed by atoms with E-state index < -0.39 is 0 Å². The van der Waals surface area contributed by atoms with Crippen molar-refractivity contribution in [3.8, 4) is 5.75 Å². The number of ether oxygens (including phenoxy) is 1. The molecule has 0 unspecified atom stereocenters. The van der Waals surface area contributed by atoms with Gasteiger partial charge in [0.1, 0.15) is 12.0 Å². The zero-order chi connectivity index (χ0) is 14.8. The van der Waals surface area contributed by atoms with E-state index >= 15 is 0 Å². The molecule has 110 valence electrons. The molecule has 1 rings (SSSR count). The van der Waals surface area contributed by atoms with Crippen LogP contribution >= 0.6 is 23.2 Å². The normalized spacial score (nSPS) is 10.1. The van der Waals surface area contributed by atoms with Crippen molar-refractivity contribution in [3.05, 3.63) is 28.2 Å². The monoisotopic (exact) mass is 317 g/mol. The van der Waals surface area contributed by atoms with Crippen molar-refractivity contribution >= 4 is 35.4 Å². The Morgan fingerprint density at radius 2 is 2.05 bits per heavy atom. The van der Waals surface area contributed by atoms with Crippen molar-refractivity contribution in [1.82, 2.24) is 5.32 Å². The first-order valence-electron chi connectivity index (χ1n) is 6.41. The summed E-state index contributed by atoms with van der Waals surface area (Å²) in [4.78, 5) is 21.6. The summed E-state index contributed by atoms with van der Waals surface area (Å²) in [5.41, 5.74) is 0. The molecule has 0 radical (unpaired) electrons. The highest BCUT2D eigenvalue weighted by molar-refractivity contribution is 6.35. The summed E-state index contributed by atoms with van der Waals surface area (Å²) in [6.07, 6.45) is 4.11. The molecule has 4 nitrogen and oxygen atoms in total. The van der Waals surface area contributed by atoms with Gasteiger partial charge in [0.25, 0.3) is 5.91 Å². The van der Waals surface area contributed by atoms with Crippen LogP contribution < -0.4 is 10.1 Å². The number of hydrogen-bond acceptors (Lipinski definition) is 3. The molecule has 0 saturated carbocycles. The Hall–Kier alpha value is -1.26. The molecule has 20 heavy (non-hydrogen) atoms. The van der Waals surface area contributed by atoms with E-state index in [4.69, 9.17) is 27.9 Å². The van der Waals surface area contributed by atoms with Gasteiger partial charge in [-0.05, 0) is 31.0 Å². The van der Waals surface area contributed by atoms with Crippen molar-refractivity contribution < 1.29 is 14.3 Å². The van der Waals surface area contributed by atoms with Crippen LogP contribution in [-0.4, -0.2) is 25.3 Å². The molecule has 0 aliphatic rings. The minimum atomic E-state index is -0.202. The lowest BCUT2D eigenvalue weighted by Crippen LogP contribution is -2.29. The summed E-state index contributed by atoms with van der Waals surface area (Å²) in [5.74, 6) is 0.226. The maximum absolute atomic E-state index is 11.5. The van der Waals surface area contributed by atoms with Gasteiger partial charge >= 0.3 is 0 Å². The quantitative estimate of drug-likeness (QED) is 0.562. The van der Waals surface area contributed by atoms with E-state index in [9.17, 15) is 9.59 Å². The van der Waals surface area contributed by atoms with E-state index in [-0.39, 0.29) is 12.5 Å². The van der Waals surface area contributed by atoms with Gasteiger partial charge in [0.05, 0.1) is 5.02 Å². The number of carbonyl (C=O) groups excluding carboxylic acids is 2. The average molecular weight is 318 g/mol. The second-order valence-electron chi connectivity index (χ2n) is 4.23. The predicted octanol–water partition coefficient (Wildman–Crippen LogP) is 3.25. The van der Waals surface area contributed by atoms with Crippen molar-refractivity contribution in [1.29, 1.82) is 0 Å². The maximum atomic E-state index is 11.5. The first-order valence-corrected chi connectivity index (χ1v) is 7.17. The van der Waals surface area contributed by atoms with E-state index in [0.29, 0.717) is 28.8 Å². The molecule has 0 aliphatic carbocycles. The lowest BCUT2D eigenvalue weighted by atomic mass is 10.2. The van der Waals surface area contributed by atoms with Crippen LogP contribution in [0.15, 0.2) is 18.2 Å². The number of carbonyl (C=O) groups is 2. The molecule has 1 N–H and O–H groups in total. The number of rotatable bonds is 9. The highest BCUT2D eigenvalue weighted by Crippen LogP contribution is 2.27. The van der Waals surface area contributed by atoms with Crippen LogP contribution in [0, 0.1) is 0 Å². The molecule has 0 heterocycles. The van der Waals surface area contributed by atoms with Crippen LogP contribution in [0.4, 0.5) is 0 Å². The number of halogens is 2. The Labute approximate surface area is 128 Å². The van der Waals surface area contributed by atoms with E-state index in [1.165, 1.54) is 0 Å². The van der Waals surface area contributed by atoms with Gasteiger partial charge in [-0.25, -0.2) is 0 Å². The highest BCUT2D eigenvalue weighted by Gasteiger charge is 2.06. The Morgan fingerprint density at radius 3 is 2.75 bits per heavy atom. The SMILES string of the molecule is O=CCCCCCNC(=O)COc1ccc(Cl)cc1Cl. The molecule has 0 atom stereocenters. The van der Waals surface area contributed by atoms with E-state index in [1.54, 1.807) is 18.2 Å². The number of amides is 1. The Bertz CT molecular complexity index is 452. The van der Waals surface area contributed by atoms with Gasteiger partial charge in [-0.15, -0.1) is 0 Å². The molecule has 1 aromatic carbocycles. The molecule has 0 spiro atoms. The summed E-state index contributed by atoms with van der Waals surface area (Å²) in [7, 11) is 0. The topological polar surface area (TPSA) is 55.4 Å². The third-order valence-electron chi connectivity index (χ3n) is 2.57. The molecule has 0 fully saturated rings. The third-order valence-corrected chi connectivity index (χ3v) is 3.10. The predicted molar refractivity (Wildman–Crippen MR) is 79.5 cm³/mol. The summed E-state index contributed by atoms with van der Waals surface area (Å²) in [6.45, 7) is 0.491. The van der Waals surface area contributed by atoms with Crippen LogP contribution in [0.5, 0.6) is 5.75 Å². The first-order chi connectivity index (χ1) is 9.63. The van der Waals surface area contributed by atoms with Crippen molar-refractivity contribution in [2.75, 3.05) is 13.2 Å². The standard InChI is InChI=1S/C14H17Cl2NO3/c15-11-5-6-13(12(16)9-11)20-10-14(19)17-7-3-1-2-4-8-18/h5-6,8-9H,1-4,7,10H2,(H,17,19). The fourth-order valence-electron chi connectivity index (χ4n) is 1.54. The summed E-state index contributed by atoms with van der Waals surface area (Å²) in [6, 6.07) is 4.83. The molecule has 6 heteroatoms. The summed E-state index contributed by atoms with van der Waals surface area (Å²) >= 11 is 11.7. The van der Waals surface area contributed by atoms with Gasteiger partial charge in [-0.3, -0.25) is 4.79 Å². The minimum absolute atomic E-state index is 0.0876. The van der Waals surface area contributed by atoms with Crippen LogP contribution in [0.1, 0.15) is 25.7 Å². The van der Waals surface area contributed by atoms with Crippen LogP contribution in [0.25, 0.3) is 0 Å². The summed E-state index contributed by atoms with van der Waals surface area (Å²) in [5, 5.41) is 3.63. The van der Waals surface area contributed by atoms with E-state index in [0.717, 1.165) is 25.5 Å². The van der Waals surface area contributed by atoms with Gasteiger partial charge in [0, 0.05) is 18.0 Å². The first kappa shape index (κ1) is 16.8. The zero-order valence-corrected chi connectivity index (χ0v) is 12.5. The molecule has 1 aromatic rings. The van der Waals surface area contributed by atoms with Crippen molar-refractivity contribution in [2.24, 2.45) is 0 Å². The second kappa shape index (κ2) is 9.61. The second-order valence-corrected chi connectivity index (χ2v) is 5.07. The highest BCUT2D eigenvalue weighted by atomic mass is 35.5. The Morgan fingerprint density at radius 1 is 1.25 bits per heavy atom. The van der Waals surface area contributed by atoms with Crippen LogP contribution in [-0.2, 0) is 9.59 Å². The molecular formula is C14H17Cl2NO3. The number of aldehydes is 1. The van der Waals surface area contributed by atoms with Gasteiger partial charge in [-0.1, -0.05) is 29.6 Å². The fourth-order valence-corrected chi connectivity index (χ4v) is 2.01. The molecule has 1 amide bonds. The summed E-state index contributed by atoms with van der Waals surface area (Å²) < 4.78 is 5.30. The van der Waals surface area contributed by atoms with E-state index in [1.807, 2.05) is 0 Å². The smallest absolute Gasteiger partial charge is 0.257 e.